The van der Waals surface area contributed by atoms with Crippen LogP contribution >= 0.6 is 0 Å². The summed E-state index contributed by atoms with van der Waals surface area (Å²) < 4.78 is 9.94. The molecule has 4 heteroatoms. The second kappa shape index (κ2) is 7.87. The summed E-state index contributed by atoms with van der Waals surface area (Å²) in [7, 11) is 0. The lowest BCUT2D eigenvalue weighted by atomic mass is 10.4. The van der Waals surface area contributed by atoms with Crippen molar-refractivity contribution < 1.29 is 19.7 Å². The van der Waals surface area contributed by atoms with Crippen LogP contribution in [0.4, 0.5) is 0 Å². The highest BCUT2D eigenvalue weighted by Crippen LogP contribution is 1.91. The summed E-state index contributed by atoms with van der Waals surface area (Å²) in [4.78, 5) is 0. The molecule has 4 nitrogen and oxygen atoms in total. The highest BCUT2D eigenvalue weighted by atomic mass is 16.5. The molecule has 2 atom stereocenters. The van der Waals surface area contributed by atoms with Crippen molar-refractivity contribution in [2.75, 3.05) is 19.8 Å². The molecule has 2 N–H and O–H groups in total. The first-order valence-corrected chi connectivity index (χ1v) is 4.23. The van der Waals surface area contributed by atoms with Crippen molar-refractivity contribution >= 4 is 0 Å². The van der Waals surface area contributed by atoms with E-state index < -0.39 is 6.10 Å². The molecule has 0 saturated carbocycles. The van der Waals surface area contributed by atoms with Gasteiger partial charge < -0.3 is 19.7 Å². The summed E-state index contributed by atoms with van der Waals surface area (Å²) in [5.74, 6) is 2.41. The van der Waals surface area contributed by atoms with Crippen molar-refractivity contribution in [3.8, 4) is 12.0 Å². The molecule has 2 unspecified atom stereocenters. The maximum atomic E-state index is 8.76. The van der Waals surface area contributed by atoms with Crippen molar-refractivity contribution in [1.82, 2.24) is 0 Å². The molecule has 0 aromatic carbocycles. The number of hydrogen-bond acceptors (Lipinski definition) is 4. The molecular weight excluding hydrogens is 172 g/mol. The molecule has 0 radical (unpaired) electrons. The molecule has 0 bridgehead atoms. The van der Waals surface area contributed by atoms with E-state index in [-0.39, 0.29) is 19.3 Å². The normalized spacial score (nSPS) is 14.2. The number of aliphatic hydroxyl groups excluding tert-OH is 2. The van der Waals surface area contributed by atoms with Crippen LogP contribution in [0, 0.1) is 12.0 Å². The maximum absolute atomic E-state index is 8.76. The molecule has 76 valence electrons. The Labute approximate surface area is 78.5 Å². The second-order valence-electron chi connectivity index (χ2n) is 2.49. The minimum atomic E-state index is -0.695. The summed E-state index contributed by atoms with van der Waals surface area (Å²) in [6.45, 7) is 4.03. The quantitative estimate of drug-likeness (QED) is 0.584. The topological polar surface area (TPSA) is 58.9 Å². The Morgan fingerprint density at radius 3 is 2.62 bits per heavy atom. The zero-order chi connectivity index (χ0) is 10.1. The van der Waals surface area contributed by atoms with Gasteiger partial charge in [-0.25, -0.2) is 0 Å². The summed E-state index contributed by atoms with van der Waals surface area (Å²) in [5, 5.41) is 17.5. The molecule has 0 saturated heterocycles. The largest absolute Gasteiger partial charge is 0.444 e. The lowest BCUT2D eigenvalue weighted by Gasteiger charge is -2.11. The third-order valence-electron chi connectivity index (χ3n) is 1.22. The van der Waals surface area contributed by atoms with E-state index in [1.807, 2.05) is 6.92 Å². The van der Waals surface area contributed by atoms with E-state index in [9.17, 15) is 0 Å². The van der Waals surface area contributed by atoms with Crippen LogP contribution < -0.4 is 0 Å². The minimum Gasteiger partial charge on any atom is -0.444 e. The van der Waals surface area contributed by atoms with Gasteiger partial charge in [0.25, 0.3) is 0 Å². The van der Waals surface area contributed by atoms with Crippen molar-refractivity contribution in [3.05, 3.63) is 0 Å². The van der Waals surface area contributed by atoms with Gasteiger partial charge in [-0.3, -0.25) is 0 Å². The van der Waals surface area contributed by atoms with Gasteiger partial charge in [-0.05, 0) is 19.8 Å². The van der Waals surface area contributed by atoms with Crippen LogP contribution in [0.3, 0.4) is 0 Å². The van der Waals surface area contributed by atoms with Crippen LogP contribution in [-0.4, -0.2) is 42.2 Å². The summed E-state index contributed by atoms with van der Waals surface area (Å²) in [6.07, 6.45) is 1.28. The lowest BCUT2D eigenvalue weighted by Crippen LogP contribution is -2.23. The van der Waals surface area contributed by atoms with E-state index in [4.69, 9.17) is 19.7 Å². The Morgan fingerprint density at radius 2 is 2.15 bits per heavy atom. The molecule has 0 aliphatic heterocycles. The molecule has 13 heavy (non-hydrogen) atoms. The van der Waals surface area contributed by atoms with Crippen LogP contribution in [0.5, 0.6) is 0 Å². The van der Waals surface area contributed by atoms with Gasteiger partial charge in [-0.2, -0.15) is 0 Å². The van der Waals surface area contributed by atoms with Crippen LogP contribution in [0.25, 0.3) is 0 Å². The zero-order valence-electron chi connectivity index (χ0n) is 7.99. The Balaban J connectivity index is 3.56. The first kappa shape index (κ1) is 12.2. The van der Waals surface area contributed by atoms with Crippen molar-refractivity contribution in [2.45, 2.75) is 26.1 Å². The second-order valence-corrected chi connectivity index (χ2v) is 2.49. The zero-order valence-corrected chi connectivity index (χ0v) is 7.99. The molecule has 0 aliphatic carbocycles. The fraction of sp³-hybridized carbons (Fsp3) is 0.778. The monoisotopic (exact) mass is 188 g/mol. The Bertz CT molecular complexity index is 168. The molecule has 0 spiro atoms. The standard InChI is InChI=1S/C9H16O4/c1-3-13-9(6-10)7-12-5-4-8(2)11/h8-11H,3,6-7H2,1-2H3. The van der Waals surface area contributed by atoms with Gasteiger partial charge in [0.15, 0.2) is 0 Å². The predicted molar refractivity (Wildman–Crippen MR) is 47.9 cm³/mol. The van der Waals surface area contributed by atoms with Crippen molar-refractivity contribution in [2.24, 2.45) is 0 Å². The molecule has 0 fully saturated rings. The van der Waals surface area contributed by atoms with E-state index >= 15 is 0 Å². The van der Waals surface area contributed by atoms with Crippen LogP contribution in [0.2, 0.25) is 0 Å². The molecular formula is C9H16O4. The number of aliphatic hydroxyl groups is 2. The van der Waals surface area contributed by atoms with E-state index in [2.05, 4.69) is 12.0 Å². The molecule has 0 aliphatic rings. The highest BCUT2D eigenvalue weighted by Gasteiger charge is 2.05. The van der Waals surface area contributed by atoms with Gasteiger partial charge in [-0.15, -0.1) is 0 Å². The first-order valence-electron chi connectivity index (χ1n) is 4.23. The van der Waals surface area contributed by atoms with E-state index in [1.165, 1.54) is 0 Å². The fourth-order valence-electron chi connectivity index (χ4n) is 0.651. The lowest BCUT2D eigenvalue weighted by molar-refractivity contribution is -0.0141. The smallest absolute Gasteiger partial charge is 0.128 e. The summed E-state index contributed by atoms with van der Waals surface area (Å²) >= 11 is 0. The number of ether oxygens (including phenoxy) is 2. The van der Waals surface area contributed by atoms with E-state index in [0.717, 1.165) is 0 Å². The Morgan fingerprint density at radius 1 is 1.46 bits per heavy atom. The molecule has 0 heterocycles. The SMILES string of the molecule is CCOC(CO)COC#CC(C)O. The average molecular weight is 188 g/mol. The highest BCUT2D eigenvalue weighted by molar-refractivity contribution is 4.96. The molecule has 0 rings (SSSR count). The van der Waals surface area contributed by atoms with Crippen LogP contribution in [0.1, 0.15) is 13.8 Å². The maximum Gasteiger partial charge on any atom is 0.128 e. The first-order chi connectivity index (χ1) is 6.20. The van der Waals surface area contributed by atoms with Gasteiger partial charge in [0.05, 0.1) is 6.61 Å². The fourth-order valence-corrected chi connectivity index (χ4v) is 0.651. The summed E-state index contributed by atoms with van der Waals surface area (Å²) in [5.41, 5.74) is 0. The minimum absolute atomic E-state index is 0.0931. The van der Waals surface area contributed by atoms with Gasteiger partial charge in [0.1, 0.15) is 24.9 Å². The van der Waals surface area contributed by atoms with Crippen LogP contribution in [-0.2, 0) is 9.47 Å². The average Bonchev–Trinajstić information content (AvgIpc) is 2.10. The summed E-state index contributed by atoms with van der Waals surface area (Å²) in [6, 6.07) is 0. The molecule has 0 aromatic heterocycles. The van der Waals surface area contributed by atoms with Gasteiger partial charge in [-0.1, -0.05) is 0 Å². The predicted octanol–water partition coefficient (Wildman–Crippen LogP) is -0.258. The Hall–Kier alpha value is -0.760. The van der Waals surface area contributed by atoms with Gasteiger partial charge >= 0.3 is 0 Å². The third kappa shape index (κ3) is 7.60. The number of rotatable bonds is 5. The van der Waals surface area contributed by atoms with Crippen molar-refractivity contribution in [3.63, 3.8) is 0 Å². The third-order valence-corrected chi connectivity index (χ3v) is 1.22. The van der Waals surface area contributed by atoms with Crippen LogP contribution in [0.15, 0.2) is 0 Å². The van der Waals surface area contributed by atoms with Gasteiger partial charge in [0.2, 0.25) is 0 Å². The van der Waals surface area contributed by atoms with E-state index in [0.29, 0.717) is 6.61 Å². The molecule has 0 aromatic rings. The molecule has 0 amide bonds. The van der Waals surface area contributed by atoms with Gasteiger partial charge in [0, 0.05) is 6.61 Å². The Kier molecular flexibility index (Phi) is 7.41. The van der Waals surface area contributed by atoms with E-state index in [1.54, 1.807) is 6.92 Å². The van der Waals surface area contributed by atoms with Crippen molar-refractivity contribution in [1.29, 1.82) is 0 Å². The number of hydrogen-bond donors (Lipinski definition) is 2.